The summed E-state index contributed by atoms with van der Waals surface area (Å²) in [6.07, 6.45) is 1.47. The van der Waals surface area contributed by atoms with Crippen LogP contribution in [0.1, 0.15) is 12.8 Å². The second kappa shape index (κ2) is 9.14. The highest BCUT2D eigenvalue weighted by molar-refractivity contribution is 5.78. The Labute approximate surface area is 158 Å². The van der Waals surface area contributed by atoms with E-state index < -0.39 is 0 Å². The third kappa shape index (κ3) is 5.40. The predicted molar refractivity (Wildman–Crippen MR) is 96.9 cm³/mol. The lowest BCUT2D eigenvalue weighted by molar-refractivity contribution is -0.155. The molecule has 3 rings (SSSR count). The lowest BCUT2D eigenvalue weighted by atomic mass is 10.0. The zero-order valence-electron chi connectivity index (χ0n) is 15.5. The fourth-order valence-electron chi connectivity index (χ4n) is 3.49. The van der Waals surface area contributed by atoms with Crippen molar-refractivity contribution in [2.45, 2.75) is 25.0 Å². The summed E-state index contributed by atoms with van der Waals surface area (Å²) in [6, 6.07) is 6.00. The van der Waals surface area contributed by atoms with E-state index in [9.17, 15) is 14.0 Å². The molecule has 0 radical (unpaired) electrons. The second-order valence-electron chi connectivity index (χ2n) is 6.92. The minimum absolute atomic E-state index is 0.00205. The standard InChI is InChI=1S/C19H26FN3O4/c1-21-18(24)11-22-8-6-15(7-9-22)23-10-17(27-13-19(23)25)12-26-16-4-2-14(20)3-5-16/h2-5,15,17H,6-13H2,1H3,(H,21,24)/t17-/m1/s1. The van der Waals surface area contributed by atoms with E-state index in [4.69, 9.17) is 9.47 Å². The Morgan fingerprint density at radius 2 is 2.00 bits per heavy atom. The molecule has 2 fully saturated rings. The van der Waals surface area contributed by atoms with E-state index >= 15 is 0 Å². The number of nitrogens with zero attached hydrogens (tertiary/aromatic N) is 2. The van der Waals surface area contributed by atoms with Crippen molar-refractivity contribution in [3.8, 4) is 5.75 Å². The predicted octanol–water partition coefficient (Wildman–Crippen LogP) is 0.642. The number of halogens is 1. The zero-order valence-corrected chi connectivity index (χ0v) is 15.5. The topological polar surface area (TPSA) is 71.1 Å². The molecule has 2 aliphatic heterocycles. The highest BCUT2D eigenvalue weighted by Crippen LogP contribution is 2.21. The van der Waals surface area contributed by atoms with E-state index in [1.54, 1.807) is 19.2 Å². The molecule has 0 aliphatic carbocycles. The van der Waals surface area contributed by atoms with Crippen molar-refractivity contribution < 1.29 is 23.5 Å². The van der Waals surface area contributed by atoms with Crippen molar-refractivity contribution >= 4 is 11.8 Å². The summed E-state index contributed by atoms with van der Waals surface area (Å²) in [6.45, 7) is 2.83. The van der Waals surface area contributed by atoms with Gasteiger partial charge in [0, 0.05) is 26.2 Å². The fourth-order valence-corrected chi connectivity index (χ4v) is 3.49. The first kappa shape index (κ1) is 19.6. The largest absolute Gasteiger partial charge is 0.491 e. The summed E-state index contributed by atoms with van der Waals surface area (Å²) < 4.78 is 24.2. The van der Waals surface area contributed by atoms with Crippen molar-refractivity contribution in [1.29, 1.82) is 0 Å². The van der Waals surface area contributed by atoms with Gasteiger partial charge in [-0.2, -0.15) is 0 Å². The van der Waals surface area contributed by atoms with Crippen LogP contribution < -0.4 is 10.1 Å². The molecule has 0 aromatic heterocycles. The van der Waals surface area contributed by atoms with E-state index in [0.717, 1.165) is 25.9 Å². The Bertz CT molecular complexity index is 647. The number of likely N-dealkylation sites (tertiary alicyclic amines) is 1. The van der Waals surface area contributed by atoms with Gasteiger partial charge in [-0.05, 0) is 37.1 Å². The van der Waals surface area contributed by atoms with Crippen molar-refractivity contribution in [3.63, 3.8) is 0 Å². The molecule has 0 saturated carbocycles. The lowest BCUT2D eigenvalue weighted by Crippen LogP contribution is -2.55. The molecule has 1 aromatic rings. The van der Waals surface area contributed by atoms with Crippen LogP contribution in [-0.4, -0.2) is 80.2 Å². The summed E-state index contributed by atoms with van der Waals surface area (Å²) in [4.78, 5) is 27.8. The first-order chi connectivity index (χ1) is 13.0. The van der Waals surface area contributed by atoms with Crippen LogP contribution in [0.3, 0.4) is 0 Å². The maximum Gasteiger partial charge on any atom is 0.248 e. The number of likely N-dealkylation sites (N-methyl/N-ethyl adjacent to an activating group) is 1. The molecule has 0 spiro atoms. The highest BCUT2D eigenvalue weighted by atomic mass is 19.1. The third-order valence-electron chi connectivity index (χ3n) is 5.06. The molecule has 148 valence electrons. The molecule has 0 bridgehead atoms. The molecule has 1 aromatic carbocycles. The molecule has 1 atom stereocenters. The second-order valence-corrected chi connectivity index (χ2v) is 6.92. The number of hydrogen-bond donors (Lipinski definition) is 1. The van der Waals surface area contributed by atoms with Gasteiger partial charge in [0.2, 0.25) is 11.8 Å². The summed E-state index contributed by atoms with van der Waals surface area (Å²) >= 11 is 0. The van der Waals surface area contributed by atoms with Crippen molar-refractivity contribution in [1.82, 2.24) is 15.1 Å². The van der Waals surface area contributed by atoms with Crippen LogP contribution in [-0.2, 0) is 14.3 Å². The van der Waals surface area contributed by atoms with Crippen LogP contribution in [0.4, 0.5) is 4.39 Å². The normalized spacial score (nSPS) is 21.9. The molecule has 2 heterocycles. The van der Waals surface area contributed by atoms with Gasteiger partial charge in [-0.3, -0.25) is 14.5 Å². The molecule has 27 heavy (non-hydrogen) atoms. The van der Waals surface area contributed by atoms with Gasteiger partial charge in [0.1, 0.15) is 30.9 Å². The molecular weight excluding hydrogens is 353 g/mol. The van der Waals surface area contributed by atoms with Crippen LogP contribution in [0.15, 0.2) is 24.3 Å². The molecule has 2 amide bonds. The molecule has 8 heteroatoms. The number of morpholine rings is 1. The first-order valence-corrected chi connectivity index (χ1v) is 9.27. The minimum atomic E-state index is -0.309. The number of hydrogen-bond acceptors (Lipinski definition) is 5. The highest BCUT2D eigenvalue weighted by Gasteiger charge is 2.34. The van der Waals surface area contributed by atoms with Crippen LogP contribution in [0.25, 0.3) is 0 Å². The van der Waals surface area contributed by atoms with Gasteiger partial charge in [-0.15, -0.1) is 0 Å². The average Bonchev–Trinajstić information content (AvgIpc) is 2.69. The molecule has 0 unspecified atom stereocenters. The Morgan fingerprint density at radius 1 is 1.30 bits per heavy atom. The fraction of sp³-hybridized carbons (Fsp3) is 0.579. The number of carbonyl (C=O) groups is 2. The number of benzene rings is 1. The van der Waals surface area contributed by atoms with Gasteiger partial charge in [-0.1, -0.05) is 0 Å². The monoisotopic (exact) mass is 379 g/mol. The number of piperidine rings is 1. The smallest absolute Gasteiger partial charge is 0.248 e. The van der Waals surface area contributed by atoms with E-state index in [1.807, 2.05) is 4.90 Å². The minimum Gasteiger partial charge on any atom is -0.491 e. The van der Waals surface area contributed by atoms with E-state index in [1.165, 1.54) is 12.1 Å². The summed E-state index contributed by atoms with van der Waals surface area (Å²) in [5.74, 6) is 0.272. The molecule has 2 saturated heterocycles. The number of ether oxygens (including phenoxy) is 2. The maximum atomic E-state index is 12.9. The van der Waals surface area contributed by atoms with Gasteiger partial charge in [0.15, 0.2) is 0 Å². The van der Waals surface area contributed by atoms with E-state index in [-0.39, 0.29) is 36.4 Å². The van der Waals surface area contributed by atoms with Crippen molar-refractivity contribution in [3.05, 3.63) is 30.1 Å². The van der Waals surface area contributed by atoms with Crippen LogP contribution in [0.5, 0.6) is 5.75 Å². The summed E-state index contributed by atoms with van der Waals surface area (Å²) in [5.41, 5.74) is 0. The SMILES string of the molecule is CNC(=O)CN1CCC(N2C[C@H](COc3ccc(F)cc3)OCC2=O)CC1. The van der Waals surface area contributed by atoms with E-state index in [2.05, 4.69) is 10.2 Å². The van der Waals surface area contributed by atoms with Crippen LogP contribution >= 0.6 is 0 Å². The first-order valence-electron chi connectivity index (χ1n) is 9.27. The molecule has 1 N–H and O–H groups in total. The molecule has 7 nitrogen and oxygen atoms in total. The Balaban J connectivity index is 1.48. The van der Waals surface area contributed by atoms with Gasteiger partial charge >= 0.3 is 0 Å². The third-order valence-corrected chi connectivity index (χ3v) is 5.06. The molecular formula is C19H26FN3O4. The molecule has 2 aliphatic rings. The Kier molecular flexibility index (Phi) is 6.63. The number of nitrogens with one attached hydrogen (secondary N) is 1. The van der Waals surface area contributed by atoms with Crippen LogP contribution in [0.2, 0.25) is 0 Å². The number of amides is 2. The Hall–Kier alpha value is -2.19. The van der Waals surface area contributed by atoms with Crippen molar-refractivity contribution in [2.24, 2.45) is 0 Å². The number of carbonyl (C=O) groups excluding carboxylic acids is 2. The van der Waals surface area contributed by atoms with Gasteiger partial charge in [0.25, 0.3) is 0 Å². The maximum absolute atomic E-state index is 12.9. The van der Waals surface area contributed by atoms with Gasteiger partial charge < -0.3 is 19.7 Å². The Morgan fingerprint density at radius 3 is 2.67 bits per heavy atom. The van der Waals surface area contributed by atoms with Gasteiger partial charge in [-0.25, -0.2) is 4.39 Å². The van der Waals surface area contributed by atoms with Crippen LogP contribution in [0, 0.1) is 5.82 Å². The summed E-state index contributed by atoms with van der Waals surface area (Å²) in [7, 11) is 1.63. The summed E-state index contributed by atoms with van der Waals surface area (Å²) in [5, 5.41) is 2.63. The van der Waals surface area contributed by atoms with Crippen molar-refractivity contribution in [2.75, 3.05) is 46.4 Å². The zero-order chi connectivity index (χ0) is 19.2. The lowest BCUT2D eigenvalue weighted by Gasteiger charge is -2.41. The van der Waals surface area contributed by atoms with E-state index in [0.29, 0.717) is 25.4 Å². The number of rotatable bonds is 6. The van der Waals surface area contributed by atoms with Gasteiger partial charge in [0.05, 0.1) is 13.1 Å². The average molecular weight is 379 g/mol. The quantitative estimate of drug-likeness (QED) is 0.786.